The second kappa shape index (κ2) is 3.38. The van der Waals surface area contributed by atoms with Gasteiger partial charge in [0.2, 0.25) is 0 Å². The van der Waals surface area contributed by atoms with E-state index in [-0.39, 0.29) is 11.2 Å². The number of anilines is 1. The molecule has 0 spiro atoms. The van der Waals surface area contributed by atoms with Crippen molar-refractivity contribution < 1.29 is 13.2 Å². The van der Waals surface area contributed by atoms with Gasteiger partial charge in [0.15, 0.2) is 0 Å². The van der Waals surface area contributed by atoms with Gasteiger partial charge in [-0.25, -0.2) is 4.98 Å². The Bertz CT molecular complexity index is 743. The number of rotatable bonds is 0. The van der Waals surface area contributed by atoms with Crippen LogP contribution in [0, 0.1) is 0 Å². The highest BCUT2D eigenvalue weighted by atomic mass is 19.4. The molecule has 3 aromatic rings. The van der Waals surface area contributed by atoms with Crippen molar-refractivity contribution in [2.45, 2.75) is 6.18 Å². The van der Waals surface area contributed by atoms with Crippen LogP contribution in [0.25, 0.3) is 16.7 Å². The maximum atomic E-state index is 12.7. The quantitative estimate of drug-likeness (QED) is 0.624. The fraction of sp³-hybridized carbons (Fsp3) is 0.0833. The minimum Gasteiger partial charge on any atom is -0.397 e. The maximum absolute atomic E-state index is 12.7. The first-order chi connectivity index (χ1) is 8.47. The number of hydrogen-bond donors (Lipinski definition) is 1. The normalized spacial score (nSPS) is 12.4. The minimum absolute atomic E-state index is 0.0681. The molecule has 0 amide bonds. The molecule has 0 unspecified atom stereocenters. The first kappa shape index (κ1) is 10.9. The summed E-state index contributed by atoms with van der Waals surface area (Å²) in [5.41, 5.74) is 6.30. The number of nitrogens with zero attached hydrogens (tertiary/aromatic N) is 2. The molecule has 0 saturated carbocycles. The molecular formula is C12H8F3N3. The van der Waals surface area contributed by atoms with Crippen LogP contribution in [0.15, 0.2) is 36.5 Å². The first-order valence-corrected chi connectivity index (χ1v) is 5.20. The van der Waals surface area contributed by atoms with Crippen LogP contribution in [-0.4, -0.2) is 9.38 Å². The SMILES string of the molecule is Nc1cc(C(F)(F)F)cc2nc3ccccn3c12. The third-order valence-corrected chi connectivity index (χ3v) is 2.76. The number of aromatic nitrogens is 2. The Morgan fingerprint density at radius 3 is 2.67 bits per heavy atom. The Morgan fingerprint density at radius 1 is 1.17 bits per heavy atom. The number of halogens is 3. The second-order valence-corrected chi connectivity index (χ2v) is 3.97. The van der Waals surface area contributed by atoms with Crippen LogP contribution in [-0.2, 0) is 6.18 Å². The summed E-state index contributed by atoms with van der Waals surface area (Å²) in [4.78, 5) is 4.13. The molecule has 0 bridgehead atoms. The van der Waals surface area contributed by atoms with Crippen LogP contribution < -0.4 is 5.73 Å². The molecule has 0 fully saturated rings. The number of fused-ring (bicyclic) bond motifs is 3. The summed E-state index contributed by atoms with van der Waals surface area (Å²) in [5.74, 6) is 0. The zero-order chi connectivity index (χ0) is 12.9. The van der Waals surface area contributed by atoms with Crippen molar-refractivity contribution in [1.82, 2.24) is 9.38 Å². The Hall–Kier alpha value is -2.24. The van der Waals surface area contributed by atoms with Gasteiger partial charge in [-0.15, -0.1) is 0 Å². The second-order valence-electron chi connectivity index (χ2n) is 3.97. The zero-order valence-corrected chi connectivity index (χ0v) is 9.07. The van der Waals surface area contributed by atoms with E-state index in [1.54, 1.807) is 28.8 Å². The van der Waals surface area contributed by atoms with Gasteiger partial charge in [0.05, 0.1) is 22.3 Å². The van der Waals surface area contributed by atoms with E-state index < -0.39 is 11.7 Å². The fourth-order valence-corrected chi connectivity index (χ4v) is 1.99. The summed E-state index contributed by atoms with van der Waals surface area (Å²) in [6.07, 6.45) is -2.70. The molecule has 0 atom stereocenters. The summed E-state index contributed by atoms with van der Waals surface area (Å²) in [7, 11) is 0. The number of pyridine rings is 1. The Balaban J connectivity index is 2.42. The van der Waals surface area contributed by atoms with E-state index in [9.17, 15) is 13.2 Å². The summed E-state index contributed by atoms with van der Waals surface area (Å²) in [6, 6.07) is 7.20. The molecule has 0 radical (unpaired) electrons. The molecule has 0 aliphatic carbocycles. The van der Waals surface area contributed by atoms with Gasteiger partial charge < -0.3 is 5.73 Å². The monoisotopic (exact) mass is 251 g/mol. The van der Waals surface area contributed by atoms with E-state index in [1.165, 1.54) is 0 Å². The third-order valence-electron chi connectivity index (χ3n) is 2.76. The molecule has 2 N–H and O–H groups in total. The highest BCUT2D eigenvalue weighted by Crippen LogP contribution is 2.34. The van der Waals surface area contributed by atoms with Gasteiger partial charge in [0.25, 0.3) is 0 Å². The lowest BCUT2D eigenvalue weighted by atomic mass is 10.1. The van der Waals surface area contributed by atoms with Crippen molar-refractivity contribution in [3.8, 4) is 0 Å². The summed E-state index contributed by atoms with van der Waals surface area (Å²) < 4.78 is 39.7. The van der Waals surface area contributed by atoms with E-state index >= 15 is 0 Å². The van der Waals surface area contributed by atoms with Crippen molar-refractivity contribution in [3.05, 3.63) is 42.1 Å². The van der Waals surface area contributed by atoms with Crippen molar-refractivity contribution >= 4 is 22.4 Å². The third kappa shape index (κ3) is 1.49. The lowest BCUT2D eigenvalue weighted by Crippen LogP contribution is -2.06. The molecule has 2 aromatic heterocycles. The van der Waals surface area contributed by atoms with E-state index in [4.69, 9.17) is 5.73 Å². The van der Waals surface area contributed by atoms with E-state index in [1.807, 2.05) is 0 Å². The molecule has 0 aliphatic rings. The molecule has 92 valence electrons. The Morgan fingerprint density at radius 2 is 1.94 bits per heavy atom. The van der Waals surface area contributed by atoms with Crippen LogP contribution in [0.3, 0.4) is 0 Å². The van der Waals surface area contributed by atoms with Gasteiger partial charge in [-0.05, 0) is 24.3 Å². The molecular weight excluding hydrogens is 243 g/mol. The number of nitrogens with two attached hydrogens (primary N) is 1. The van der Waals surface area contributed by atoms with E-state index in [0.29, 0.717) is 11.2 Å². The van der Waals surface area contributed by atoms with Crippen molar-refractivity contribution in [2.75, 3.05) is 5.73 Å². The van der Waals surface area contributed by atoms with Crippen LogP contribution in [0.2, 0.25) is 0 Å². The standard InChI is InChI=1S/C12H8F3N3/c13-12(14,15)7-5-8(16)11-9(6-7)17-10-3-1-2-4-18(10)11/h1-6H,16H2. The molecule has 6 heteroatoms. The lowest BCUT2D eigenvalue weighted by molar-refractivity contribution is -0.137. The van der Waals surface area contributed by atoms with Crippen LogP contribution in [0.4, 0.5) is 18.9 Å². The first-order valence-electron chi connectivity index (χ1n) is 5.20. The highest BCUT2D eigenvalue weighted by Gasteiger charge is 2.31. The molecule has 3 nitrogen and oxygen atoms in total. The predicted octanol–water partition coefficient (Wildman–Crippen LogP) is 3.09. The summed E-state index contributed by atoms with van der Waals surface area (Å²) in [6.45, 7) is 0. The molecule has 1 aromatic carbocycles. The molecule has 0 saturated heterocycles. The smallest absolute Gasteiger partial charge is 0.397 e. The number of benzene rings is 1. The van der Waals surface area contributed by atoms with Crippen molar-refractivity contribution in [3.63, 3.8) is 0 Å². The van der Waals surface area contributed by atoms with Gasteiger partial charge in [-0.2, -0.15) is 13.2 Å². The molecule has 2 heterocycles. The van der Waals surface area contributed by atoms with Crippen molar-refractivity contribution in [2.24, 2.45) is 0 Å². The molecule has 3 rings (SSSR count). The van der Waals surface area contributed by atoms with Crippen LogP contribution in [0.1, 0.15) is 5.56 Å². The highest BCUT2D eigenvalue weighted by molar-refractivity contribution is 5.91. The average molecular weight is 251 g/mol. The number of alkyl halides is 3. The number of nitrogen functional groups attached to an aromatic ring is 1. The number of imidazole rings is 1. The zero-order valence-electron chi connectivity index (χ0n) is 9.07. The van der Waals surface area contributed by atoms with Gasteiger partial charge in [-0.1, -0.05) is 6.07 Å². The van der Waals surface area contributed by atoms with E-state index in [0.717, 1.165) is 12.1 Å². The summed E-state index contributed by atoms with van der Waals surface area (Å²) >= 11 is 0. The maximum Gasteiger partial charge on any atom is 0.416 e. The Labute approximate surface area is 99.7 Å². The topological polar surface area (TPSA) is 43.3 Å². The van der Waals surface area contributed by atoms with E-state index in [2.05, 4.69) is 4.98 Å². The van der Waals surface area contributed by atoms with Gasteiger partial charge >= 0.3 is 6.18 Å². The molecule has 0 aliphatic heterocycles. The lowest BCUT2D eigenvalue weighted by Gasteiger charge is -2.07. The Kier molecular flexibility index (Phi) is 2.04. The predicted molar refractivity (Wildman–Crippen MR) is 62.1 cm³/mol. The minimum atomic E-state index is -4.42. The largest absolute Gasteiger partial charge is 0.416 e. The summed E-state index contributed by atoms with van der Waals surface area (Å²) in [5, 5.41) is 0. The van der Waals surface area contributed by atoms with Gasteiger partial charge in [-0.3, -0.25) is 4.40 Å². The fourth-order valence-electron chi connectivity index (χ4n) is 1.99. The average Bonchev–Trinajstić information content (AvgIpc) is 2.66. The van der Waals surface area contributed by atoms with Crippen LogP contribution in [0.5, 0.6) is 0 Å². The van der Waals surface area contributed by atoms with Gasteiger partial charge in [0, 0.05) is 6.20 Å². The molecule has 18 heavy (non-hydrogen) atoms. The van der Waals surface area contributed by atoms with Gasteiger partial charge in [0.1, 0.15) is 5.65 Å². The number of hydrogen-bond acceptors (Lipinski definition) is 2. The van der Waals surface area contributed by atoms with Crippen molar-refractivity contribution in [1.29, 1.82) is 0 Å². The van der Waals surface area contributed by atoms with Crippen LogP contribution >= 0.6 is 0 Å².